The van der Waals surface area contributed by atoms with E-state index in [2.05, 4.69) is 35.6 Å². The number of nitrogens with one attached hydrogen (secondary N) is 2. The van der Waals surface area contributed by atoms with Crippen LogP contribution in [0.4, 0.5) is 23.4 Å². The average Bonchev–Trinajstić information content (AvgIpc) is 3.35. The number of carbonyl (C=O) groups is 2. The molecule has 9 nitrogen and oxygen atoms in total. The van der Waals surface area contributed by atoms with Gasteiger partial charge in [0.2, 0.25) is 5.95 Å². The summed E-state index contributed by atoms with van der Waals surface area (Å²) >= 11 is 6.47. The van der Waals surface area contributed by atoms with E-state index in [0.29, 0.717) is 22.3 Å². The van der Waals surface area contributed by atoms with Crippen molar-refractivity contribution >= 4 is 40.6 Å². The number of hydrogen-bond donors (Lipinski definition) is 2. The van der Waals surface area contributed by atoms with E-state index in [0.717, 1.165) is 29.9 Å². The molecule has 0 bridgehead atoms. The Morgan fingerprint density at radius 1 is 1.03 bits per heavy atom. The number of nitrogens with zero attached hydrogens (tertiary/aromatic N) is 5. The second-order valence-corrected chi connectivity index (χ2v) is 8.88. The SMILES string of the molecule is CC(NC(=O)c1cc(-c2ccnc(F)c2)ncn1)c1ncc(C(=O)Nc2cc(C(F)(F)F)c(Cl)cn2)s1. The predicted molar refractivity (Wildman–Crippen MR) is 125 cm³/mol. The van der Waals surface area contributed by atoms with Crippen LogP contribution in [0.1, 0.15) is 43.7 Å². The molecule has 15 heteroatoms. The van der Waals surface area contributed by atoms with Crippen molar-refractivity contribution in [1.82, 2.24) is 30.2 Å². The summed E-state index contributed by atoms with van der Waals surface area (Å²) in [5.74, 6) is -2.36. The lowest BCUT2D eigenvalue weighted by atomic mass is 10.1. The highest BCUT2D eigenvalue weighted by Gasteiger charge is 2.34. The first-order chi connectivity index (χ1) is 17.5. The molecule has 4 aromatic heterocycles. The van der Waals surface area contributed by atoms with Crippen molar-refractivity contribution in [2.24, 2.45) is 0 Å². The fourth-order valence-electron chi connectivity index (χ4n) is 3.03. The van der Waals surface area contributed by atoms with Crippen molar-refractivity contribution in [3.05, 3.63) is 81.3 Å². The van der Waals surface area contributed by atoms with Crippen LogP contribution in [-0.4, -0.2) is 36.7 Å². The van der Waals surface area contributed by atoms with E-state index in [1.165, 1.54) is 24.5 Å². The third-order valence-corrected chi connectivity index (χ3v) is 6.27. The molecule has 1 unspecified atom stereocenters. The van der Waals surface area contributed by atoms with E-state index < -0.39 is 40.6 Å². The van der Waals surface area contributed by atoms with Crippen LogP contribution in [0.3, 0.4) is 0 Å². The molecular weight excluding hydrogens is 538 g/mol. The molecule has 0 aliphatic carbocycles. The van der Waals surface area contributed by atoms with Crippen molar-refractivity contribution in [3.8, 4) is 11.3 Å². The highest BCUT2D eigenvalue weighted by molar-refractivity contribution is 7.13. The number of hydrogen-bond acceptors (Lipinski definition) is 8. The number of pyridine rings is 2. The van der Waals surface area contributed by atoms with Crippen LogP contribution in [-0.2, 0) is 6.18 Å². The zero-order valence-electron chi connectivity index (χ0n) is 18.5. The van der Waals surface area contributed by atoms with Crippen LogP contribution < -0.4 is 10.6 Å². The monoisotopic (exact) mass is 551 g/mol. The highest BCUT2D eigenvalue weighted by atomic mass is 35.5. The fourth-order valence-corrected chi connectivity index (χ4v) is 4.05. The van der Waals surface area contributed by atoms with Crippen molar-refractivity contribution in [2.75, 3.05) is 5.32 Å². The van der Waals surface area contributed by atoms with Gasteiger partial charge in [0, 0.05) is 24.0 Å². The number of amides is 2. The number of anilines is 1. The van der Waals surface area contributed by atoms with E-state index in [1.807, 2.05) is 0 Å². The third kappa shape index (κ3) is 6.21. The molecule has 0 radical (unpaired) electrons. The topological polar surface area (TPSA) is 123 Å². The van der Waals surface area contributed by atoms with Crippen LogP contribution in [0, 0.1) is 5.95 Å². The van der Waals surface area contributed by atoms with Crippen molar-refractivity contribution in [3.63, 3.8) is 0 Å². The van der Waals surface area contributed by atoms with Gasteiger partial charge in [0.15, 0.2) is 0 Å². The van der Waals surface area contributed by atoms with E-state index in [4.69, 9.17) is 11.6 Å². The van der Waals surface area contributed by atoms with Crippen molar-refractivity contribution in [2.45, 2.75) is 19.1 Å². The molecule has 0 aliphatic heterocycles. The minimum Gasteiger partial charge on any atom is -0.342 e. The molecule has 4 heterocycles. The quantitative estimate of drug-likeness (QED) is 0.257. The summed E-state index contributed by atoms with van der Waals surface area (Å²) in [5.41, 5.74) is -0.405. The molecule has 2 amide bonds. The Labute approximate surface area is 215 Å². The molecule has 0 aliphatic rings. The van der Waals surface area contributed by atoms with Crippen LogP contribution in [0.5, 0.6) is 0 Å². The maximum atomic E-state index is 13.4. The van der Waals surface area contributed by atoms with Gasteiger partial charge in [-0.05, 0) is 25.1 Å². The van der Waals surface area contributed by atoms with Gasteiger partial charge >= 0.3 is 6.18 Å². The first kappa shape index (κ1) is 26.0. The van der Waals surface area contributed by atoms with Crippen LogP contribution in [0.15, 0.2) is 49.2 Å². The summed E-state index contributed by atoms with van der Waals surface area (Å²) in [6, 6.07) is 4.05. The molecule has 2 N–H and O–H groups in total. The molecule has 0 spiro atoms. The first-order valence-corrected chi connectivity index (χ1v) is 11.5. The predicted octanol–water partition coefficient (Wildman–Crippen LogP) is 4.94. The maximum Gasteiger partial charge on any atom is 0.418 e. The third-order valence-electron chi connectivity index (χ3n) is 4.79. The lowest BCUT2D eigenvalue weighted by molar-refractivity contribution is -0.137. The first-order valence-electron chi connectivity index (χ1n) is 10.3. The Morgan fingerprint density at radius 2 is 1.81 bits per heavy atom. The number of carbonyl (C=O) groups excluding carboxylic acids is 2. The van der Waals surface area contributed by atoms with Gasteiger partial charge in [-0.25, -0.2) is 24.9 Å². The summed E-state index contributed by atoms with van der Waals surface area (Å²) in [5, 5.41) is 4.70. The van der Waals surface area contributed by atoms with Crippen molar-refractivity contribution in [1.29, 1.82) is 0 Å². The van der Waals surface area contributed by atoms with E-state index >= 15 is 0 Å². The van der Waals surface area contributed by atoms with E-state index in [9.17, 15) is 27.2 Å². The molecule has 4 aromatic rings. The van der Waals surface area contributed by atoms with Crippen LogP contribution in [0.25, 0.3) is 11.3 Å². The van der Waals surface area contributed by atoms with Crippen LogP contribution in [0.2, 0.25) is 5.02 Å². The standard InChI is InChI=1S/C22H14ClF4N7O2S/c1-10(33-19(35)15-6-14(31-9-32-15)11-2-3-28-17(24)4-11)21-30-8-16(37-21)20(36)34-18-5-12(22(25,26)27)13(23)7-29-18/h2-10H,1H3,(H,33,35)(H,29,34,36). The van der Waals surface area contributed by atoms with Gasteiger partial charge in [-0.15, -0.1) is 11.3 Å². The number of thiazole rings is 1. The number of halogens is 5. The van der Waals surface area contributed by atoms with E-state index in [-0.39, 0.29) is 16.4 Å². The summed E-state index contributed by atoms with van der Waals surface area (Å²) in [4.78, 5) is 44.5. The van der Waals surface area contributed by atoms with E-state index in [1.54, 1.807) is 6.92 Å². The Balaban J connectivity index is 1.43. The van der Waals surface area contributed by atoms with Gasteiger partial charge < -0.3 is 10.6 Å². The maximum absolute atomic E-state index is 13.4. The number of rotatable bonds is 6. The minimum absolute atomic E-state index is 0.0119. The second kappa shape index (κ2) is 10.5. The molecule has 4 rings (SSSR count). The zero-order valence-corrected chi connectivity index (χ0v) is 20.1. The minimum atomic E-state index is -4.72. The van der Waals surface area contributed by atoms with Gasteiger partial charge in [0.25, 0.3) is 11.8 Å². The Kier molecular flexibility index (Phi) is 7.40. The molecule has 0 fully saturated rings. The molecule has 1 atom stereocenters. The molecular formula is C22H14ClF4N7O2S. The van der Waals surface area contributed by atoms with Crippen molar-refractivity contribution < 1.29 is 27.2 Å². The fraction of sp³-hybridized carbons (Fsp3) is 0.136. The molecule has 0 aromatic carbocycles. The zero-order chi connectivity index (χ0) is 26.7. The summed E-state index contributed by atoms with van der Waals surface area (Å²) in [6.45, 7) is 1.62. The van der Waals surface area contributed by atoms with Crippen LogP contribution >= 0.6 is 22.9 Å². The Bertz CT molecular complexity index is 1480. The van der Waals surface area contributed by atoms with Gasteiger partial charge in [0.1, 0.15) is 27.7 Å². The smallest absolute Gasteiger partial charge is 0.342 e. The summed E-state index contributed by atoms with van der Waals surface area (Å²) in [7, 11) is 0. The Hall–Kier alpha value is -4.04. The molecule has 0 saturated carbocycles. The highest BCUT2D eigenvalue weighted by Crippen LogP contribution is 2.35. The summed E-state index contributed by atoms with van der Waals surface area (Å²) in [6.07, 6.45) is -0.278. The molecule has 0 saturated heterocycles. The molecule has 190 valence electrons. The van der Waals surface area contributed by atoms with Gasteiger partial charge in [-0.1, -0.05) is 11.6 Å². The van der Waals surface area contributed by atoms with Gasteiger partial charge in [-0.3, -0.25) is 9.59 Å². The van der Waals surface area contributed by atoms with Gasteiger partial charge in [-0.2, -0.15) is 17.6 Å². The second-order valence-electron chi connectivity index (χ2n) is 7.41. The number of alkyl halides is 3. The normalized spacial score (nSPS) is 12.2. The molecule has 37 heavy (non-hydrogen) atoms. The lowest BCUT2D eigenvalue weighted by Crippen LogP contribution is -2.27. The number of aromatic nitrogens is 5. The lowest BCUT2D eigenvalue weighted by Gasteiger charge is -2.11. The largest absolute Gasteiger partial charge is 0.418 e. The Morgan fingerprint density at radius 3 is 2.54 bits per heavy atom. The summed E-state index contributed by atoms with van der Waals surface area (Å²) < 4.78 is 52.5. The average molecular weight is 552 g/mol. The van der Waals surface area contributed by atoms with Gasteiger partial charge in [0.05, 0.1) is 28.5 Å².